The molecule has 5 nitrogen and oxygen atoms in total. The summed E-state index contributed by atoms with van der Waals surface area (Å²) in [4.78, 5) is 12.8. The lowest BCUT2D eigenvalue weighted by Gasteiger charge is -2.43. The summed E-state index contributed by atoms with van der Waals surface area (Å²) in [6, 6.07) is 0. The molecule has 2 aromatic rings. The summed E-state index contributed by atoms with van der Waals surface area (Å²) in [5.41, 5.74) is 1.49. The summed E-state index contributed by atoms with van der Waals surface area (Å²) in [6.45, 7) is 9.03. The predicted octanol–water partition coefficient (Wildman–Crippen LogP) is 3.72. The number of thiophene rings is 1. The van der Waals surface area contributed by atoms with Gasteiger partial charge in [-0.2, -0.15) is 0 Å². The quantitative estimate of drug-likeness (QED) is 0.849. The first-order valence-corrected chi connectivity index (χ1v) is 10.0. The van der Waals surface area contributed by atoms with Crippen molar-refractivity contribution in [2.45, 2.75) is 45.6 Å². The number of nitrogens with zero attached hydrogens (tertiary/aromatic N) is 3. The molecule has 1 aliphatic rings. The third kappa shape index (κ3) is 3.96. The minimum Gasteiger partial charge on any atom is -0.381 e. The van der Waals surface area contributed by atoms with Gasteiger partial charge in [0.2, 0.25) is 0 Å². The Hall–Kier alpha value is -1.24. The molecule has 25 heavy (non-hydrogen) atoms. The molecule has 1 fully saturated rings. The number of anilines is 1. The van der Waals surface area contributed by atoms with E-state index < -0.39 is 0 Å². The highest BCUT2D eigenvalue weighted by molar-refractivity contribution is 7.17. The normalized spacial score (nSPS) is 17.6. The van der Waals surface area contributed by atoms with Crippen molar-refractivity contribution in [3.8, 4) is 0 Å². The molecule has 0 bridgehead atoms. The third-order valence-electron chi connectivity index (χ3n) is 5.21. The lowest BCUT2D eigenvalue weighted by Crippen LogP contribution is -2.53. The molecule has 0 radical (unpaired) electrons. The van der Waals surface area contributed by atoms with Gasteiger partial charge in [0.05, 0.1) is 5.39 Å². The van der Waals surface area contributed by atoms with Crippen molar-refractivity contribution in [1.29, 1.82) is 0 Å². The fourth-order valence-electron chi connectivity index (χ4n) is 3.61. The van der Waals surface area contributed by atoms with Crippen LogP contribution in [0.15, 0.2) is 5.38 Å². The summed E-state index contributed by atoms with van der Waals surface area (Å²) in [6.07, 6.45) is 3.15. The molecule has 0 amide bonds. The average molecular weight is 363 g/mol. The molecule has 138 valence electrons. The van der Waals surface area contributed by atoms with E-state index in [0.29, 0.717) is 5.92 Å². The zero-order valence-electron chi connectivity index (χ0n) is 16.1. The standard InChI is InChI=1S/C19H30N4OS/c1-13(2)10-15-11-25-18-16(15)17(21-14(3)22-18)20-12-19(23(4)5)6-8-24-9-7-19/h11,13H,6-10,12H2,1-5H3,(H,20,21,22). The summed E-state index contributed by atoms with van der Waals surface area (Å²) >= 11 is 1.73. The largest absolute Gasteiger partial charge is 0.381 e. The number of likely N-dealkylation sites (N-methyl/N-ethyl adjacent to an activating group) is 1. The summed E-state index contributed by atoms with van der Waals surface area (Å²) in [5, 5.41) is 7.14. The van der Waals surface area contributed by atoms with Crippen LogP contribution in [0.2, 0.25) is 0 Å². The Bertz CT molecular complexity index is 720. The zero-order chi connectivity index (χ0) is 18.0. The van der Waals surface area contributed by atoms with Crippen molar-refractivity contribution in [2.24, 2.45) is 5.92 Å². The molecular formula is C19H30N4OS. The summed E-state index contributed by atoms with van der Waals surface area (Å²) in [5.74, 6) is 2.45. The molecule has 1 aliphatic heterocycles. The maximum atomic E-state index is 5.59. The van der Waals surface area contributed by atoms with Gasteiger partial charge in [-0.1, -0.05) is 13.8 Å². The second-order valence-electron chi connectivity index (χ2n) is 7.74. The molecule has 0 spiro atoms. The zero-order valence-corrected chi connectivity index (χ0v) is 16.9. The lowest BCUT2D eigenvalue weighted by molar-refractivity contribution is -0.000653. The van der Waals surface area contributed by atoms with E-state index in [-0.39, 0.29) is 5.54 Å². The number of hydrogen-bond acceptors (Lipinski definition) is 6. The molecule has 0 atom stereocenters. The molecule has 0 saturated carbocycles. The van der Waals surface area contributed by atoms with Crippen molar-refractivity contribution >= 4 is 27.4 Å². The Morgan fingerprint density at radius 1 is 1.28 bits per heavy atom. The van der Waals surface area contributed by atoms with E-state index in [2.05, 4.69) is 48.5 Å². The van der Waals surface area contributed by atoms with Crippen LogP contribution in [-0.4, -0.2) is 54.3 Å². The van der Waals surface area contributed by atoms with Gasteiger partial charge in [-0.3, -0.25) is 0 Å². The fraction of sp³-hybridized carbons (Fsp3) is 0.684. The van der Waals surface area contributed by atoms with E-state index in [0.717, 1.165) is 55.5 Å². The number of aryl methyl sites for hydroxylation is 1. The van der Waals surface area contributed by atoms with Crippen LogP contribution in [0.1, 0.15) is 38.1 Å². The van der Waals surface area contributed by atoms with Gasteiger partial charge < -0.3 is 15.0 Å². The molecular weight excluding hydrogens is 332 g/mol. The SMILES string of the molecule is Cc1nc(NCC2(N(C)C)CCOCC2)c2c(CC(C)C)csc2n1. The van der Waals surface area contributed by atoms with Gasteiger partial charge in [0, 0.05) is 25.3 Å². The highest BCUT2D eigenvalue weighted by Gasteiger charge is 2.35. The number of rotatable bonds is 6. The minimum absolute atomic E-state index is 0.123. The molecule has 1 saturated heterocycles. The smallest absolute Gasteiger partial charge is 0.138 e. The van der Waals surface area contributed by atoms with Gasteiger partial charge in [-0.05, 0) is 57.1 Å². The molecule has 3 heterocycles. The van der Waals surface area contributed by atoms with Gasteiger partial charge in [0.1, 0.15) is 16.5 Å². The first kappa shape index (κ1) is 18.5. The van der Waals surface area contributed by atoms with E-state index in [1.54, 1.807) is 11.3 Å². The van der Waals surface area contributed by atoms with E-state index in [1.165, 1.54) is 10.9 Å². The van der Waals surface area contributed by atoms with E-state index in [1.807, 2.05) is 6.92 Å². The van der Waals surface area contributed by atoms with Crippen LogP contribution in [0.4, 0.5) is 5.82 Å². The minimum atomic E-state index is 0.123. The Kier molecular flexibility index (Phi) is 5.61. The van der Waals surface area contributed by atoms with Crippen LogP contribution in [0.25, 0.3) is 10.2 Å². The van der Waals surface area contributed by atoms with Gasteiger partial charge in [0.25, 0.3) is 0 Å². The van der Waals surface area contributed by atoms with Crippen molar-refractivity contribution < 1.29 is 4.74 Å². The second kappa shape index (κ2) is 7.56. The molecule has 6 heteroatoms. The molecule has 2 aromatic heterocycles. The number of aromatic nitrogens is 2. The summed E-state index contributed by atoms with van der Waals surface area (Å²) in [7, 11) is 4.34. The highest BCUT2D eigenvalue weighted by Crippen LogP contribution is 2.33. The molecule has 1 N–H and O–H groups in total. The van der Waals surface area contributed by atoms with E-state index in [9.17, 15) is 0 Å². The lowest BCUT2D eigenvalue weighted by atomic mass is 9.88. The topological polar surface area (TPSA) is 50.3 Å². The monoisotopic (exact) mass is 362 g/mol. The van der Waals surface area contributed by atoms with Crippen LogP contribution in [0.5, 0.6) is 0 Å². The first-order valence-electron chi connectivity index (χ1n) is 9.15. The third-order valence-corrected chi connectivity index (χ3v) is 6.13. The van der Waals surface area contributed by atoms with Gasteiger partial charge in [-0.25, -0.2) is 9.97 Å². The van der Waals surface area contributed by atoms with Crippen molar-refractivity contribution in [3.05, 3.63) is 16.8 Å². The van der Waals surface area contributed by atoms with E-state index in [4.69, 9.17) is 9.72 Å². The fourth-order valence-corrected chi connectivity index (χ4v) is 4.61. The van der Waals surface area contributed by atoms with Crippen LogP contribution < -0.4 is 5.32 Å². The van der Waals surface area contributed by atoms with Crippen LogP contribution in [0, 0.1) is 12.8 Å². The van der Waals surface area contributed by atoms with Gasteiger partial charge in [-0.15, -0.1) is 11.3 Å². The number of ether oxygens (including phenoxy) is 1. The maximum Gasteiger partial charge on any atom is 0.138 e. The van der Waals surface area contributed by atoms with E-state index >= 15 is 0 Å². The van der Waals surface area contributed by atoms with Crippen LogP contribution in [-0.2, 0) is 11.2 Å². The molecule has 0 unspecified atom stereocenters. The van der Waals surface area contributed by atoms with Gasteiger partial charge >= 0.3 is 0 Å². The molecule has 3 rings (SSSR count). The second-order valence-corrected chi connectivity index (χ2v) is 8.60. The molecule has 0 aromatic carbocycles. The van der Waals surface area contributed by atoms with Crippen molar-refractivity contribution in [2.75, 3.05) is 39.2 Å². The Morgan fingerprint density at radius 2 is 2.00 bits per heavy atom. The summed E-state index contributed by atoms with van der Waals surface area (Å²) < 4.78 is 5.59. The number of fused-ring (bicyclic) bond motifs is 1. The predicted molar refractivity (Wildman–Crippen MR) is 106 cm³/mol. The molecule has 0 aliphatic carbocycles. The van der Waals surface area contributed by atoms with Crippen LogP contribution >= 0.6 is 11.3 Å². The van der Waals surface area contributed by atoms with Crippen molar-refractivity contribution in [3.63, 3.8) is 0 Å². The first-order chi connectivity index (χ1) is 11.9. The van der Waals surface area contributed by atoms with Gasteiger partial charge in [0.15, 0.2) is 0 Å². The highest BCUT2D eigenvalue weighted by atomic mass is 32.1. The number of nitrogens with one attached hydrogen (secondary N) is 1. The number of hydrogen-bond donors (Lipinski definition) is 1. The Balaban J connectivity index is 1.90. The Morgan fingerprint density at radius 3 is 2.64 bits per heavy atom. The Labute approximate surface area is 154 Å². The maximum absolute atomic E-state index is 5.59. The van der Waals surface area contributed by atoms with Crippen LogP contribution in [0.3, 0.4) is 0 Å². The average Bonchev–Trinajstić information content (AvgIpc) is 2.95. The van der Waals surface area contributed by atoms with Crippen molar-refractivity contribution in [1.82, 2.24) is 14.9 Å².